The van der Waals surface area contributed by atoms with Crippen LogP contribution < -0.4 is 19.5 Å². The van der Waals surface area contributed by atoms with E-state index in [0.717, 1.165) is 10.4 Å². The second-order valence-corrected chi connectivity index (χ2v) is 11.2. The van der Waals surface area contributed by atoms with Crippen molar-refractivity contribution < 1.29 is 23.8 Å². The molecule has 0 aliphatic carbocycles. The van der Waals surface area contributed by atoms with Gasteiger partial charge in [-0.05, 0) is 73.3 Å². The van der Waals surface area contributed by atoms with E-state index in [0.29, 0.717) is 28.6 Å². The van der Waals surface area contributed by atoms with Gasteiger partial charge in [0, 0.05) is 22.5 Å². The van der Waals surface area contributed by atoms with E-state index in [1.54, 1.807) is 44.4 Å². The van der Waals surface area contributed by atoms with Crippen molar-refractivity contribution in [3.8, 4) is 28.6 Å². The third kappa shape index (κ3) is 7.40. The molecular weight excluding hydrogens is 544 g/mol. The average Bonchev–Trinajstić information content (AvgIpc) is 3.64. The van der Waals surface area contributed by atoms with Crippen LogP contribution in [0.15, 0.2) is 60.0 Å². The van der Waals surface area contributed by atoms with Gasteiger partial charge in [-0.2, -0.15) is 4.80 Å². The molecular formula is C29H34N6O5S. The Morgan fingerprint density at radius 3 is 2.34 bits per heavy atom. The van der Waals surface area contributed by atoms with Crippen molar-refractivity contribution in [2.24, 2.45) is 0 Å². The molecule has 0 spiro atoms. The highest BCUT2D eigenvalue weighted by Gasteiger charge is 2.34. The number of tetrazole rings is 1. The van der Waals surface area contributed by atoms with Gasteiger partial charge in [-0.15, -0.1) is 21.5 Å². The number of amides is 2. The molecule has 41 heavy (non-hydrogen) atoms. The minimum Gasteiger partial charge on any atom is -0.497 e. The first kappa shape index (κ1) is 29.5. The van der Waals surface area contributed by atoms with Crippen LogP contribution in [-0.4, -0.2) is 63.8 Å². The van der Waals surface area contributed by atoms with Crippen molar-refractivity contribution in [1.29, 1.82) is 0 Å². The lowest BCUT2D eigenvalue weighted by Crippen LogP contribution is -2.49. The molecule has 2 aromatic heterocycles. The molecule has 0 saturated carbocycles. The van der Waals surface area contributed by atoms with Gasteiger partial charge < -0.3 is 24.4 Å². The van der Waals surface area contributed by atoms with Gasteiger partial charge in [-0.25, -0.2) is 0 Å². The number of ether oxygens (including phenoxy) is 3. The van der Waals surface area contributed by atoms with Crippen LogP contribution in [0, 0.1) is 0 Å². The van der Waals surface area contributed by atoms with E-state index in [1.165, 1.54) is 16.1 Å². The minimum atomic E-state index is -0.863. The lowest BCUT2D eigenvalue weighted by Gasteiger charge is -2.33. The molecule has 1 N–H and O–H groups in total. The summed E-state index contributed by atoms with van der Waals surface area (Å²) >= 11 is 1.41. The van der Waals surface area contributed by atoms with Crippen molar-refractivity contribution in [2.45, 2.75) is 45.4 Å². The Hall–Kier alpha value is -4.45. The number of carbonyl (C=O) groups is 2. The molecule has 0 radical (unpaired) electrons. The number of hydrogen-bond donors (Lipinski definition) is 1. The predicted molar refractivity (Wildman–Crippen MR) is 155 cm³/mol. The number of rotatable bonds is 11. The molecule has 216 valence electrons. The first-order valence-electron chi connectivity index (χ1n) is 12.9. The molecule has 4 rings (SSSR count). The summed E-state index contributed by atoms with van der Waals surface area (Å²) in [6, 6.07) is 15.5. The first-order valence-corrected chi connectivity index (χ1v) is 13.8. The number of hydrogen-bond acceptors (Lipinski definition) is 9. The molecule has 11 nitrogen and oxygen atoms in total. The van der Waals surface area contributed by atoms with E-state index in [2.05, 4.69) is 20.7 Å². The Balaban J connectivity index is 1.66. The molecule has 0 aliphatic rings. The Labute approximate surface area is 243 Å². The fraction of sp³-hybridized carbons (Fsp3) is 0.345. The Kier molecular flexibility index (Phi) is 9.23. The van der Waals surface area contributed by atoms with E-state index < -0.39 is 11.6 Å². The molecule has 2 aromatic carbocycles. The van der Waals surface area contributed by atoms with Crippen LogP contribution in [-0.2, 0) is 22.7 Å². The van der Waals surface area contributed by atoms with Crippen LogP contribution >= 0.6 is 11.3 Å². The van der Waals surface area contributed by atoms with Gasteiger partial charge in [0.05, 0.1) is 21.3 Å². The summed E-state index contributed by atoms with van der Waals surface area (Å²) in [5, 5.41) is 17.6. The second-order valence-electron chi connectivity index (χ2n) is 10.2. The monoisotopic (exact) mass is 578 g/mol. The maximum Gasteiger partial charge on any atom is 0.248 e. The third-order valence-electron chi connectivity index (χ3n) is 6.07. The normalized spacial score (nSPS) is 12.0. The summed E-state index contributed by atoms with van der Waals surface area (Å²) in [4.78, 5) is 31.1. The molecule has 0 aliphatic heterocycles. The second kappa shape index (κ2) is 12.8. The zero-order valence-electron chi connectivity index (χ0n) is 24.0. The van der Waals surface area contributed by atoms with Crippen LogP contribution in [0.4, 0.5) is 0 Å². The SMILES string of the molecule is COc1ccc(CN(C(=O)Cn2nnc(-c3ccc(OC)c(OC)c3)n2)[C@H](C(=O)NC(C)(C)C)c2cccs2)cc1. The smallest absolute Gasteiger partial charge is 0.248 e. The largest absolute Gasteiger partial charge is 0.497 e. The van der Waals surface area contributed by atoms with Crippen molar-refractivity contribution >= 4 is 23.2 Å². The Morgan fingerprint density at radius 2 is 1.73 bits per heavy atom. The van der Waals surface area contributed by atoms with Gasteiger partial charge >= 0.3 is 0 Å². The number of benzene rings is 2. The van der Waals surface area contributed by atoms with E-state index in [-0.39, 0.29) is 24.9 Å². The first-order chi connectivity index (χ1) is 19.6. The van der Waals surface area contributed by atoms with Crippen molar-refractivity contribution in [3.63, 3.8) is 0 Å². The maximum absolute atomic E-state index is 13.9. The molecule has 12 heteroatoms. The summed E-state index contributed by atoms with van der Waals surface area (Å²) in [7, 11) is 4.69. The Bertz CT molecular complexity index is 1460. The number of nitrogens with one attached hydrogen (secondary N) is 1. The summed E-state index contributed by atoms with van der Waals surface area (Å²) in [5.41, 5.74) is 0.989. The molecule has 0 fully saturated rings. The standard InChI is InChI=1S/C29H34N6O5S/c1-29(2,3)30-28(37)26(24-8-7-15-41-24)34(17-19-9-12-21(38-4)13-10-19)25(36)18-35-32-27(31-33-35)20-11-14-22(39-5)23(16-20)40-6/h7-16,26H,17-18H2,1-6H3,(H,30,37)/t26-/m0/s1. The molecule has 0 saturated heterocycles. The van der Waals surface area contributed by atoms with Crippen LogP contribution in [0.5, 0.6) is 17.2 Å². The fourth-order valence-corrected chi connectivity index (χ4v) is 5.01. The summed E-state index contributed by atoms with van der Waals surface area (Å²) in [5.74, 6) is 1.48. The van der Waals surface area contributed by atoms with Gasteiger partial charge in [-0.3, -0.25) is 9.59 Å². The van der Waals surface area contributed by atoms with Crippen LogP contribution in [0.3, 0.4) is 0 Å². The molecule has 2 heterocycles. The topological polar surface area (TPSA) is 121 Å². The molecule has 2 amide bonds. The van der Waals surface area contributed by atoms with E-state index in [1.807, 2.05) is 62.5 Å². The average molecular weight is 579 g/mol. The number of aromatic nitrogens is 4. The minimum absolute atomic E-state index is 0.181. The van der Waals surface area contributed by atoms with Crippen LogP contribution in [0.2, 0.25) is 0 Å². The molecule has 0 bridgehead atoms. The summed E-state index contributed by atoms with van der Waals surface area (Å²) in [6.07, 6.45) is 0. The quantitative estimate of drug-likeness (QED) is 0.282. The summed E-state index contributed by atoms with van der Waals surface area (Å²) < 4.78 is 16.0. The highest BCUT2D eigenvalue weighted by atomic mass is 32.1. The molecule has 4 aromatic rings. The van der Waals surface area contributed by atoms with Gasteiger partial charge in [0.2, 0.25) is 17.6 Å². The number of carbonyl (C=O) groups excluding carboxylic acids is 2. The van der Waals surface area contributed by atoms with E-state index in [4.69, 9.17) is 14.2 Å². The van der Waals surface area contributed by atoms with Gasteiger partial charge in [0.15, 0.2) is 11.5 Å². The van der Waals surface area contributed by atoms with Gasteiger partial charge in [0.1, 0.15) is 18.3 Å². The maximum atomic E-state index is 13.9. The zero-order chi connectivity index (χ0) is 29.6. The van der Waals surface area contributed by atoms with Crippen LogP contribution in [0.25, 0.3) is 11.4 Å². The van der Waals surface area contributed by atoms with Gasteiger partial charge in [0.25, 0.3) is 0 Å². The number of methoxy groups -OCH3 is 3. The fourth-order valence-electron chi connectivity index (χ4n) is 4.17. The lowest BCUT2D eigenvalue weighted by molar-refractivity contribution is -0.143. The molecule has 0 unspecified atom stereocenters. The number of thiophene rings is 1. The highest BCUT2D eigenvalue weighted by Crippen LogP contribution is 2.31. The Morgan fingerprint density at radius 1 is 1.00 bits per heavy atom. The zero-order valence-corrected chi connectivity index (χ0v) is 24.8. The van der Waals surface area contributed by atoms with Crippen molar-refractivity contribution in [3.05, 3.63) is 70.4 Å². The van der Waals surface area contributed by atoms with Gasteiger partial charge in [-0.1, -0.05) is 18.2 Å². The van der Waals surface area contributed by atoms with Crippen molar-refractivity contribution in [2.75, 3.05) is 21.3 Å². The number of nitrogens with zero attached hydrogens (tertiary/aromatic N) is 5. The lowest BCUT2D eigenvalue weighted by atomic mass is 10.1. The summed E-state index contributed by atoms with van der Waals surface area (Å²) in [6.45, 7) is 5.67. The van der Waals surface area contributed by atoms with Crippen LogP contribution in [0.1, 0.15) is 37.3 Å². The predicted octanol–water partition coefficient (Wildman–Crippen LogP) is 4.11. The molecule has 1 atom stereocenters. The van der Waals surface area contributed by atoms with E-state index in [9.17, 15) is 9.59 Å². The third-order valence-corrected chi connectivity index (χ3v) is 7.00. The van der Waals surface area contributed by atoms with Crippen molar-refractivity contribution in [1.82, 2.24) is 30.4 Å². The van der Waals surface area contributed by atoms with E-state index >= 15 is 0 Å². The highest BCUT2D eigenvalue weighted by molar-refractivity contribution is 7.10.